The highest BCUT2D eigenvalue weighted by Crippen LogP contribution is 2.11. The maximum absolute atomic E-state index is 12.6. The topological polar surface area (TPSA) is 191 Å². The molecule has 0 unspecified atom stereocenters. The fraction of sp³-hybridized carbons (Fsp3) is 0.545. The fourth-order valence-electron chi connectivity index (χ4n) is 2.97. The number of aliphatic hydroxyl groups excluding tert-OH is 1. The molecule has 0 aliphatic carbocycles. The van der Waals surface area contributed by atoms with Gasteiger partial charge in [-0.2, -0.15) is 0 Å². The first-order valence-corrected chi connectivity index (χ1v) is 10.7. The zero-order chi connectivity index (χ0) is 25.3. The molecule has 0 radical (unpaired) electrons. The van der Waals surface area contributed by atoms with Crippen molar-refractivity contribution >= 4 is 23.7 Å². The number of carboxylic acid groups (broad SMARTS) is 1. The fourth-order valence-corrected chi connectivity index (χ4v) is 2.97. The van der Waals surface area contributed by atoms with Crippen LogP contribution in [0.4, 0.5) is 0 Å². The average Bonchev–Trinajstić information content (AvgIpc) is 2.75. The lowest BCUT2D eigenvalue weighted by Crippen LogP contribution is -2.60. The van der Waals surface area contributed by atoms with Gasteiger partial charge in [-0.05, 0) is 43.9 Å². The van der Waals surface area contributed by atoms with Crippen molar-refractivity contribution in [2.24, 2.45) is 11.7 Å². The first kappa shape index (κ1) is 27.9. The first-order valence-electron chi connectivity index (χ1n) is 10.7. The minimum Gasteiger partial charge on any atom is -0.508 e. The summed E-state index contributed by atoms with van der Waals surface area (Å²) in [5.74, 6) is -3.73. The molecule has 184 valence electrons. The van der Waals surface area contributed by atoms with E-state index in [4.69, 9.17) is 5.73 Å². The summed E-state index contributed by atoms with van der Waals surface area (Å²) >= 11 is 0. The van der Waals surface area contributed by atoms with Crippen molar-refractivity contribution in [3.8, 4) is 5.75 Å². The number of hydrogen-bond acceptors (Lipinski definition) is 7. The number of phenols is 1. The monoisotopic (exact) mass is 466 g/mol. The van der Waals surface area contributed by atoms with Gasteiger partial charge in [0.15, 0.2) is 0 Å². The van der Waals surface area contributed by atoms with Gasteiger partial charge in [-0.25, -0.2) is 4.79 Å². The molecule has 0 aliphatic rings. The van der Waals surface area contributed by atoms with E-state index in [1.807, 2.05) is 0 Å². The van der Waals surface area contributed by atoms with E-state index in [0.717, 1.165) is 0 Å². The molecule has 33 heavy (non-hydrogen) atoms. The second kappa shape index (κ2) is 12.8. The van der Waals surface area contributed by atoms with Crippen molar-refractivity contribution in [1.82, 2.24) is 16.0 Å². The van der Waals surface area contributed by atoms with Gasteiger partial charge in [0, 0.05) is 0 Å². The lowest BCUT2D eigenvalue weighted by molar-refractivity contribution is -0.144. The Balaban J connectivity index is 2.73. The third-order valence-electron chi connectivity index (χ3n) is 5.32. The van der Waals surface area contributed by atoms with Crippen molar-refractivity contribution < 1.29 is 34.5 Å². The Kier molecular flexibility index (Phi) is 10.8. The van der Waals surface area contributed by atoms with Gasteiger partial charge in [-0.3, -0.25) is 14.4 Å². The van der Waals surface area contributed by atoms with Gasteiger partial charge in [0.1, 0.15) is 23.9 Å². The Bertz CT molecular complexity index is 829. The normalized spacial score (nSPS) is 16.4. The summed E-state index contributed by atoms with van der Waals surface area (Å²) in [6, 6.07) is 1.52. The molecule has 0 heterocycles. The molecule has 11 nitrogen and oxygen atoms in total. The van der Waals surface area contributed by atoms with E-state index >= 15 is 0 Å². The lowest BCUT2D eigenvalue weighted by Gasteiger charge is -2.27. The van der Waals surface area contributed by atoms with Crippen molar-refractivity contribution in [2.75, 3.05) is 0 Å². The molecule has 6 atom stereocenters. The average molecular weight is 467 g/mol. The molecular weight excluding hydrogens is 432 g/mol. The van der Waals surface area contributed by atoms with Crippen LogP contribution in [-0.4, -0.2) is 69.3 Å². The van der Waals surface area contributed by atoms with Gasteiger partial charge in [-0.1, -0.05) is 32.4 Å². The maximum atomic E-state index is 12.6. The minimum absolute atomic E-state index is 0.0811. The number of phenolic OH excluding ortho intramolecular Hbond substituents is 1. The number of rotatable bonds is 12. The van der Waals surface area contributed by atoms with Gasteiger partial charge in [0.25, 0.3) is 0 Å². The molecule has 0 spiro atoms. The highest BCUT2D eigenvalue weighted by molar-refractivity contribution is 5.94. The molecule has 3 amide bonds. The second-order valence-corrected chi connectivity index (χ2v) is 8.14. The number of benzene rings is 1. The van der Waals surface area contributed by atoms with E-state index < -0.39 is 54.0 Å². The van der Waals surface area contributed by atoms with E-state index in [2.05, 4.69) is 16.0 Å². The molecule has 11 heteroatoms. The van der Waals surface area contributed by atoms with Crippen LogP contribution in [0, 0.1) is 5.92 Å². The van der Waals surface area contributed by atoms with Crippen molar-refractivity contribution in [2.45, 2.75) is 70.8 Å². The number of hydrogen-bond donors (Lipinski definition) is 7. The van der Waals surface area contributed by atoms with Crippen molar-refractivity contribution in [3.05, 3.63) is 29.8 Å². The minimum atomic E-state index is -1.42. The van der Waals surface area contributed by atoms with Crippen LogP contribution in [0.1, 0.15) is 39.7 Å². The molecule has 0 saturated heterocycles. The van der Waals surface area contributed by atoms with E-state index in [0.29, 0.717) is 12.0 Å². The van der Waals surface area contributed by atoms with Crippen LogP contribution in [0.3, 0.4) is 0 Å². The molecule has 0 fully saturated rings. The number of carboxylic acids is 1. The number of aliphatic hydroxyl groups is 1. The molecule has 1 rings (SSSR count). The maximum Gasteiger partial charge on any atom is 0.326 e. The van der Waals surface area contributed by atoms with Gasteiger partial charge in [0.2, 0.25) is 17.7 Å². The first-order chi connectivity index (χ1) is 15.4. The SMILES string of the molecule is CC[C@H](C)[C@H](NC(=O)[C@@H](NC(=O)[C@H](C)NC(=O)[C@@H](N)Cc1ccc(O)cc1)[C@@H](C)O)C(=O)O. The summed E-state index contributed by atoms with van der Waals surface area (Å²) < 4.78 is 0. The second-order valence-electron chi connectivity index (χ2n) is 8.14. The van der Waals surface area contributed by atoms with Crippen LogP contribution < -0.4 is 21.7 Å². The summed E-state index contributed by atoms with van der Waals surface area (Å²) in [6.07, 6.45) is -0.651. The molecule has 0 aliphatic heterocycles. The van der Waals surface area contributed by atoms with Crippen LogP contribution in [0.5, 0.6) is 5.75 Å². The van der Waals surface area contributed by atoms with Crippen LogP contribution in [0.15, 0.2) is 24.3 Å². The number of aliphatic carboxylic acids is 1. The highest BCUT2D eigenvalue weighted by Gasteiger charge is 2.33. The summed E-state index contributed by atoms with van der Waals surface area (Å²) in [6.45, 7) is 6.10. The summed E-state index contributed by atoms with van der Waals surface area (Å²) in [4.78, 5) is 48.9. The van der Waals surface area contributed by atoms with E-state index in [9.17, 15) is 34.5 Å². The van der Waals surface area contributed by atoms with Crippen LogP contribution >= 0.6 is 0 Å². The molecule has 8 N–H and O–H groups in total. The van der Waals surface area contributed by atoms with Crippen molar-refractivity contribution in [1.29, 1.82) is 0 Å². The Labute approximate surface area is 192 Å². The molecule has 0 bridgehead atoms. The van der Waals surface area contributed by atoms with Crippen LogP contribution in [0.2, 0.25) is 0 Å². The molecule has 1 aromatic rings. The Morgan fingerprint density at radius 2 is 1.45 bits per heavy atom. The smallest absolute Gasteiger partial charge is 0.326 e. The summed E-state index contributed by atoms with van der Waals surface area (Å²) in [7, 11) is 0. The number of carbonyl (C=O) groups is 4. The quantitative estimate of drug-likeness (QED) is 0.209. The van der Waals surface area contributed by atoms with Gasteiger partial charge in [-0.15, -0.1) is 0 Å². The zero-order valence-electron chi connectivity index (χ0n) is 19.2. The molecule has 1 aromatic carbocycles. The van der Waals surface area contributed by atoms with Gasteiger partial charge in [0.05, 0.1) is 12.1 Å². The van der Waals surface area contributed by atoms with Crippen molar-refractivity contribution in [3.63, 3.8) is 0 Å². The number of carbonyl (C=O) groups excluding carboxylic acids is 3. The number of nitrogens with two attached hydrogens (primary N) is 1. The highest BCUT2D eigenvalue weighted by atomic mass is 16.4. The summed E-state index contributed by atoms with van der Waals surface area (Å²) in [5.41, 5.74) is 6.61. The third-order valence-corrected chi connectivity index (χ3v) is 5.32. The number of amides is 3. The largest absolute Gasteiger partial charge is 0.508 e. The van der Waals surface area contributed by atoms with E-state index in [-0.39, 0.29) is 18.1 Å². The van der Waals surface area contributed by atoms with Gasteiger partial charge < -0.3 is 37.0 Å². The Morgan fingerprint density at radius 1 is 0.909 bits per heavy atom. The van der Waals surface area contributed by atoms with E-state index in [1.165, 1.54) is 26.0 Å². The van der Waals surface area contributed by atoms with Crippen LogP contribution in [-0.2, 0) is 25.6 Å². The number of aromatic hydroxyl groups is 1. The predicted octanol–water partition coefficient (Wildman–Crippen LogP) is -0.752. The van der Waals surface area contributed by atoms with Crippen LogP contribution in [0.25, 0.3) is 0 Å². The molecular formula is C22H34N4O7. The lowest BCUT2D eigenvalue weighted by atomic mass is 9.98. The Morgan fingerprint density at radius 3 is 1.94 bits per heavy atom. The molecule has 0 aromatic heterocycles. The predicted molar refractivity (Wildman–Crippen MR) is 120 cm³/mol. The number of nitrogens with one attached hydrogen (secondary N) is 3. The summed E-state index contributed by atoms with van der Waals surface area (Å²) in [5, 5.41) is 35.8. The van der Waals surface area contributed by atoms with E-state index in [1.54, 1.807) is 26.0 Å². The molecule has 0 saturated carbocycles. The van der Waals surface area contributed by atoms with Gasteiger partial charge >= 0.3 is 5.97 Å². The third kappa shape index (κ3) is 8.70. The standard InChI is InChI=1S/C22H34N4O7/c1-5-11(2)17(22(32)33)25-21(31)18(13(4)27)26-19(29)12(3)24-20(30)16(23)10-14-6-8-15(28)9-7-14/h6-9,11-13,16-18,27-28H,5,10,23H2,1-4H3,(H,24,30)(H,25,31)(H,26,29)(H,32,33)/t11-,12-,13+,16-,17-,18-/m0/s1. The zero-order valence-corrected chi connectivity index (χ0v) is 19.2. The Hall–Kier alpha value is -3.18.